The molecule has 10 nitrogen and oxygen atoms in total. The number of fused-ring (bicyclic) bond motifs is 1. The van der Waals surface area contributed by atoms with Crippen LogP contribution in [-0.2, 0) is 0 Å². The fourth-order valence-electron chi connectivity index (χ4n) is 3.34. The number of aryl methyl sites for hydroxylation is 1. The number of amides is 1. The Kier molecular flexibility index (Phi) is 5.15. The Bertz CT molecular complexity index is 1490. The first-order chi connectivity index (χ1) is 15.9. The van der Waals surface area contributed by atoms with Crippen molar-refractivity contribution in [2.75, 3.05) is 5.32 Å². The lowest BCUT2D eigenvalue weighted by molar-refractivity contribution is 0.0996. The van der Waals surface area contributed by atoms with E-state index in [1.807, 2.05) is 29.5 Å². The van der Waals surface area contributed by atoms with Gasteiger partial charge in [-0.1, -0.05) is 35.3 Å². The molecule has 33 heavy (non-hydrogen) atoms. The third-order valence-electron chi connectivity index (χ3n) is 4.86. The number of nitrogens with one attached hydrogen (secondary N) is 1. The van der Waals surface area contributed by atoms with Crippen LogP contribution in [0, 0.1) is 6.92 Å². The van der Waals surface area contributed by atoms with E-state index < -0.39 is 5.91 Å². The quantitative estimate of drug-likeness (QED) is 0.391. The molecule has 0 aliphatic heterocycles. The van der Waals surface area contributed by atoms with E-state index >= 15 is 0 Å². The Balaban J connectivity index is 1.48. The fourth-order valence-corrected chi connectivity index (χ4v) is 3.89. The van der Waals surface area contributed by atoms with Crippen molar-refractivity contribution >= 4 is 46.3 Å². The van der Waals surface area contributed by atoms with Crippen LogP contribution in [0.4, 0.5) is 11.5 Å². The van der Waals surface area contributed by atoms with Gasteiger partial charge in [-0.15, -0.1) is 25.2 Å². The molecule has 0 radical (unpaired) electrons. The second-order valence-electron chi connectivity index (χ2n) is 7.06. The Morgan fingerprint density at radius 1 is 1.00 bits per heavy atom. The van der Waals surface area contributed by atoms with Crippen LogP contribution in [0.3, 0.4) is 0 Å². The summed E-state index contributed by atoms with van der Waals surface area (Å²) in [7, 11) is 0. The molecule has 5 aromatic rings. The van der Waals surface area contributed by atoms with E-state index in [0.29, 0.717) is 32.9 Å². The Morgan fingerprint density at radius 2 is 1.76 bits per heavy atom. The van der Waals surface area contributed by atoms with Crippen LogP contribution in [0.15, 0.2) is 54.7 Å². The molecule has 0 fully saturated rings. The molecule has 5 rings (SSSR count). The first-order valence-corrected chi connectivity index (χ1v) is 10.4. The van der Waals surface area contributed by atoms with E-state index in [0.717, 1.165) is 11.3 Å². The number of hydrogen-bond donors (Lipinski definition) is 2. The van der Waals surface area contributed by atoms with E-state index in [1.165, 1.54) is 4.80 Å². The third-order valence-corrected chi connectivity index (χ3v) is 5.47. The monoisotopic (exact) mass is 479 g/mol. The first-order valence-electron chi connectivity index (χ1n) is 9.68. The lowest BCUT2D eigenvalue weighted by atomic mass is 10.3. The number of rotatable bonds is 5. The van der Waals surface area contributed by atoms with Crippen LogP contribution >= 0.6 is 23.2 Å². The summed E-state index contributed by atoms with van der Waals surface area (Å²) in [6, 6.07) is 14.3. The highest BCUT2D eigenvalue weighted by Gasteiger charge is 2.20. The van der Waals surface area contributed by atoms with E-state index in [-0.39, 0.29) is 11.5 Å². The molecule has 1 aromatic carbocycles. The third kappa shape index (κ3) is 3.75. The molecule has 164 valence electrons. The first kappa shape index (κ1) is 20.9. The maximum atomic E-state index is 12.0. The topological polar surface area (TPSA) is 129 Å². The van der Waals surface area contributed by atoms with Gasteiger partial charge in [0.2, 0.25) is 0 Å². The predicted molar refractivity (Wildman–Crippen MR) is 124 cm³/mol. The lowest BCUT2D eigenvalue weighted by Gasteiger charge is -2.06. The molecule has 4 aromatic heterocycles. The number of aromatic nitrogens is 7. The largest absolute Gasteiger partial charge is 0.364 e. The number of carbonyl (C=O) groups is 1. The van der Waals surface area contributed by atoms with Gasteiger partial charge in [0.1, 0.15) is 11.4 Å². The van der Waals surface area contributed by atoms with E-state index in [2.05, 4.69) is 30.7 Å². The molecule has 4 heterocycles. The van der Waals surface area contributed by atoms with E-state index in [9.17, 15) is 4.79 Å². The number of hydrogen-bond acceptors (Lipinski definition) is 7. The average molecular weight is 480 g/mol. The van der Waals surface area contributed by atoms with Crippen LogP contribution in [-0.4, -0.2) is 40.5 Å². The molecule has 0 saturated heterocycles. The van der Waals surface area contributed by atoms with Crippen molar-refractivity contribution in [3.63, 3.8) is 0 Å². The highest BCUT2D eigenvalue weighted by Crippen LogP contribution is 2.29. The summed E-state index contributed by atoms with van der Waals surface area (Å²) in [5, 5.41) is 20.6. The second kappa shape index (κ2) is 8.15. The van der Waals surface area contributed by atoms with Gasteiger partial charge < -0.3 is 11.1 Å². The summed E-state index contributed by atoms with van der Waals surface area (Å²) in [4.78, 5) is 17.6. The molecule has 3 N–H and O–H groups in total. The van der Waals surface area contributed by atoms with Crippen molar-refractivity contribution in [1.82, 2.24) is 34.6 Å². The SMILES string of the molecule is Cc1cccc2nnc(-c3ccc(Nc4nn(-c5c(Cl)cccc5Cl)nc4C(N)=O)cn3)n12. The number of para-hydroxylation sites is 1. The molecule has 0 saturated carbocycles. The minimum Gasteiger partial charge on any atom is -0.364 e. The number of pyridine rings is 2. The lowest BCUT2D eigenvalue weighted by Crippen LogP contribution is -2.14. The smallest absolute Gasteiger partial charge is 0.273 e. The zero-order chi connectivity index (χ0) is 23.1. The number of halogens is 2. The standard InChI is InChI=1S/C21H15Cl2N9O/c1-11-4-2-7-16-27-28-21(31(11)16)15-9-8-12(10-25-15)26-20-17(19(24)33)29-32(30-20)18-13(22)5-3-6-14(18)23/h2-10H,1H3,(H2,24,33)(H,26,30). The zero-order valence-corrected chi connectivity index (χ0v) is 18.6. The molecular weight excluding hydrogens is 465 g/mol. The van der Waals surface area contributed by atoms with Crippen molar-refractivity contribution in [3.05, 3.63) is 76.2 Å². The highest BCUT2D eigenvalue weighted by atomic mass is 35.5. The number of nitrogens with zero attached hydrogens (tertiary/aromatic N) is 7. The van der Waals surface area contributed by atoms with Gasteiger partial charge in [-0.2, -0.15) is 0 Å². The van der Waals surface area contributed by atoms with Crippen LogP contribution in [0.5, 0.6) is 0 Å². The summed E-state index contributed by atoms with van der Waals surface area (Å²) in [5.41, 5.74) is 8.66. The summed E-state index contributed by atoms with van der Waals surface area (Å²) in [6.45, 7) is 1.97. The van der Waals surface area contributed by atoms with Gasteiger partial charge in [0.25, 0.3) is 5.91 Å². The highest BCUT2D eigenvalue weighted by molar-refractivity contribution is 6.37. The number of benzene rings is 1. The Hall–Kier alpha value is -4.02. The van der Waals surface area contributed by atoms with Gasteiger partial charge in [0, 0.05) is 5.69 Å². The van der Waals surface area contributed by atoms with Crippen molar-refractivity contribution in [2.45, 2.75) is 6.92 Å². The molecule has 0 atom stereocenters. The van der Waals surface area contributed by atoms with Crippen LogP contribution in [0.1, 0.15) is 16.2 Å². The van der Waals surface area contributed by atoms with Crippen LogP contribution in [0.2, 0.25) is 10.0 Å². The predicted octanol–water partition coefficient (Wildman–Crippen LogP) is 3.83. The van der Waals surface area contributed by atoms with Gasteiger partial charge in [0.15, 0.2) is 23.0 Å². The molecule has 0 unspecified atom stereocenters. The van der Waals surface area contributed by atoms with E-state index in [1.54, 1.807) is 36.5 Å². The minimum absolute atomic E-state index is 0.0749. The van der Waals surface area contributed by atoms with Crippen molar-refractivity contribution in [1.29, 1.82) is 0 Å². The normalized spacial score (nSPS) is 11.1. The molecule has 0 aliphatic carbocycles. The second-order valence-corrected chi connectivity index (χ2v) is 7.88. The number of anilines is 2. The summed E-state index contributed by atoms with van der Waals surface area (Å²) in [5.74, 6) is -0.00880. The molecule has 1 amide bonds. The minimum atomic E-state index is -0.762. The molecule has 12 heteroatoms. The number of carbonyl (C=O) groups excluding carboxylic acids is 1. The number of primary amides is 1. The maximum absolute atomic E-state index is 12.0. The van der Waals surface area contributed by atoms with Gasteiger partial charge in [-0.3, -0.25) is 14.2 Å². The summed E-state index contributed by atoms with van der Waals surface area (Å²) >= 11 is 12.5. The average Bonchev–Trinajstić information content (AvgIpc) is 3.40. The molecule has 0 spiro atoms. The fraction of sp³-hybridized carbons (Fsp3) is 0.0476. The molecular formula is C21H15Cl2N9O. The number of nitrogens with two attached hydrogens (primary N) is 1. The van der Waals surface area contributed by atoms with Gasteiger partial charge >= 0.3 is 0 Å². The zero-order valence-electron chi connectivity index (χ0n) is 17.1. The Labute approximate surface area is 197 Å². The van der Waals surface area contributed by atoms with Crippen LogP contribution < -0.4 is 11.1 Å². The Morgan fingerprint density at radius 3 is 2.45 bits per heavy atom. The van der Waals surface area contributed by atoms with Gasteiger partial charge in [0.05, 0.1) is 21.9 Å². The van der Waals surface area contributed by atoms with Crippen LogP contribution in [0.25, 0.3) is 22.9 Å². The maximum Gasteiger partial charge on any atom is 0.273 e. The summed E-state index contributed by atoms with van der Waals surface area (Å²) < 4.78 is 1.92. The molecule has 0 aliphatic rings. The van der Waals surface area contributed by atoms with Crippen molar-refractivity contribution in [3.8, 4) is 17.2 Å². The summed E-state index contributed by atoms with van der Waals surface area (Å²) in [6.07, 6.45) is 1.58. The van der Waals surface area contributed by atoms with Crippen molar-refractivity contribution in [2.24, 2.45) is 5.73 Å². The van der Waals surface area contributed by atoms with Gasteiger partial charge in [-0.25, -0.2) is 0 Å². The van der Waals surface area contributed by atoms with Crippen molar-refractivity contribution < 1.29 is 4.79 Å². The molecule has 0 bridgehead atoms. The van der Waals surface area contributed by atoms with E-state index in [4.69, 9.17) is 28.9 Å². The van der Waals surface area contributed by atoms with Gasteiger partial charge in [-0.05, 0) is 43.3 Å².